The van der Waals surface area contributed by atoms with Gasteiger partial charge in [-0.1, -0.05) is 29.3 Å². The summed E-state index contributed by atoms with van der Waals surface area (Å²) >= 11 is 12.0. The monoisotopic (exact) mass is 375 g/mol. The summed E-state index contributed by atoms with van der Waals surface area (Å²) in [7, 11) is 0. The van der Waals surface area contributed by atoms with Crippen LogP contribution >= 0.6 is 23.2 Å². The van der Waals surface area contributed by atoms with E-state index in [4.69, 9.17) is 27.9 Å². The Morgan fingerprint density at radius 3 is 2.64 bits per heavy atom. The molecule has 0 aliphatic carbocycles. The van der Waals surface area contributed by atoms with Crippen LogP contribution in [0.2, 0.25) is 10.0 Å². The third kappa shape index (κ3) is 4.13. The number of ether oxygens (including phenoxy) is 1. The molecule has 0 spiro atoms. The maximum Gasteiger partial charge on any atom is 0.265 e. The maximum absolute atomic E-state index is 12.3. The number of nitrogens with one attached hydrogen (secondary N) is 2. The zero-order chi connectivity index (χ0) is 17.8. The number of rotatable bonds is 5. The Labute approximate surface area is 155 Å². The largest absolute Gasteiger partial charge is 0.479 e. The van der Waals surface area contributed by atoms with Crippen LogP contribution in [0.3, 0.4) is 0 Å². The third-order valence-electron chi connectivity index (χ3n) is 3.51. The smallest absolute Gasteiger partial charge is 0.265 e. The first-order valence-electron chi connectivity index (χ1n) is 7.56. The number of amides is 1. The molecule has 0 aliphatic heterocycles. The summed E-state index contributed by atoms with van der Waals surface area (Å²) < 4.78 is 5.60. The highest BCUT2D eigenvalue weighted by Gasteiger charge is 2.17. The molecule has 1 aromatic heterocycles. The van der Waals surface area contributed by atoms with Crippen LogP contribution in [-0.2, 0) is 4.79 Å². The Bertz CT molecular complexity index is 865. The van der Waals surface area contributed by atoms with Crippen LogP contribution in [0.25, 0.3) is 11.4 Å². The van der Waals surface area contributed by atoms with E-state index in [1.54, 1.807) is 49.6 Å². The zero-order valence-electron chi connectivity index (χ0n) is 13.3. The molecule has 2 aromatic carbocycles. The highest BCUT2D eigenvalue weighted by Crippen LogP contribution is 2.32. The first-order valence-corrected chi connectivity index (χ1v) is 8.31. The second-order valence-corrected chi connectivity index (χ2v) is 6.10. The first kappa shape index (κ1) is 17.3. The first-order chi connectivity index (χ1) is 12.0. The highest BCUT2D eigenvalue weighted by molar-refractivity contribution is 6.42. The molecule has 0 fully saturated rings. The van der Waals surface area contributed by atoms with Crippen molar-refractivity contribution in [2.75, 3.05) is 5.32 Å². The number of nitrogens with zero attached hydrogens (tertiary/aromatic N) is 1. The van der Waals surface area contributed by atoms with Crippen molar-refractivity contribution in [2.45, 2.75) is 13.0 Å². The number of halogens is 2. The minimum Gasteiger partial charge on any atom is -0.479 e. The highest BCUT2D eigenvalue weighted by atomic mass is 35.5. The van der Waals surface area contributed by atoms with E-state index < -0.39 is 6.10 Å². The van der Waals surface area contributed by atoms with Crippen LogP contribution in [0.5, 0.6) is 5.75 Å². The van der Waals surface area contributed by atoms with Crippen molar-refractivity contribution >= 4 is 34.8 Å². The van der Waals surface area contributed by atoms with Gasteiger partial charge in [0.05, 0.1) is 5.02 Å². The van der Waals surface area contributed by atoms with Crippen LogP contribution in [-0.4, -0.2) is 22.0 Å². The molecule has 1 atom stereocenters. The SMILES string of the molecule is CC(Oc1cccc(Cl)c1Cl)C(=O)Nc1ccc(-c2ncc[nH]2)cc1. The number of hydrogen-bond donors (Lipinski definition) is 2. The van der Waals surface area contributed by atoms with Crippen molar-refractivity contribution in [2.24, 2.45) is 0 Å². The normalized spacial score (nSPS) is 11.8. The predicted molar refractivity (Wildman–Crippen MR) is 99.2 cm³/mol. The summed E-state index contributed by atoms with van der Waals surface area (Å²) in [6.07, 6.45) is 2.71. The lowest BCUT2D eigenvalue weighted by molar-refractivity contribution is -0.122. The number of carbonyl (C=O) groups excluding carboxylic acids is 1. The molecule has 0 saturated carbocycles. The molecule has 2 N–H and O–H groups in total. The number of aromatic nitrogens is 2. The van der Waals surface area contributed by atoms with Crippen molar-refractivity contribution in [3.05, 3.63) is 64.9 Å². The van der Waals surface area contributed by atoms with Gasteiger partial charge in [-0.25, -0.2) is 4.98 Å². The van der Waals surface area contributed by atoms with Gasteiger partial charge in [0.25, 0.3) is 5.91 Å². The number of aromatic amines is 1. The molecule has 1 heterocycles. The van der Waals surface area contributed by atoms with Gasteiger partial charge in [0.15, 0.2) is 6.10 Å². The van der Waals surface area contributed by atoms with Crippen LogP contribution in [0, 0.1) is 0 Å². The predicted octanol–water partition coefficient (Wildman–Crippen LogP) is 4.79. The summed E-state index contributed by atoms with van der Waals surface area (Å²) in [6, 6.07) is 12.4. The Morgan fingerprint density at radius 2 is 1.96 bits per heavy atom. The standard InChI is InChI=1S/C18H15Cl2N3O2/c1-11(25-15-4-2-3-14(19)16(15)20)18(24)23-13-7-5-12(6-8-13)17-21-9-10-22-17/h2-11H,1H3,(H,21,22)(H,23,24). The summed E-state index contributed by atoms with van der Waals surface area (Å²) in [6.45, 7) is 1.64. The van der Waals surface area contributed by atoms with Crippen LogP contribution < -0.4 is 10.1 Å². The lowest BCUT2D eigenvalue weighted by Gasteiger charge is -2.16. The topological polar surface area (TPSA) is 67.0 Å². The van der Waals surface area contributed by atoms with E-state index in [0.717, 1.165) is 11.4 Å². The molecule has 7 heteroatoms. The fourth-order valence-electron chi connectivity index (χ4n) is 2.20. The van der Waals surface area contributed by atoms with E-state index >= 15 is 0 Å². The van der Waals surface area contributed by atoms with E-state index in [0.29, 0.717) is 16.5 Å². The molecule has 128 valence electrons. The number of anilines is 1. The van der Waals surface area contributed by atoms with Crippen molar-refractivity contribution in [3.8, 4) is 17.1 Å². The molecule has 0 radical (unpaired) electrons. The summed E-state index contributed by atoms with van der Waals surface area (Å²) in [5.74, 6) is 0.844. The number of H-pyrrole nitrogens is 1. The van der Waals surface area contributed by atoms with Gasteiger partial charge < -0.3 is 15.0 Å². The lowest BCUT2D eigenvalue weighted by Crippen LogP contribution is -2.30. The quantitative estimate of drug-likeness (QED) is 0.673. The molecule has 0 bridgehead atoms. The van der Waals surface area contributed by atoms with Gasteiger partial charge >= 0.3 is 0 Å². The van der Waals surface area contributed by atoms with E-state index in [-0.39, 0.29) is 10.9 Å². The van der Waals surface area contributed by atoms with Gasteiger partial charge in [-0.3, -0.25) is 4.79 Å². The van der Waals surface area contributed by atoms with E-state index in [9.17, 15) is 4.79 Å². The fourth-order valence-corrected chi connectivity index (χ4v) is 2.53. The Morgan fingerprint density at radius 1 is 1.20 bits per heavy atom. The molecule has 3 rings (SSSR count). The third-order valence-corrected chi connectivity index (χ3v) is 4.31. The Kier molecular flexibility index (Phi) is 5.26. The Hall–Kier alpha value is -2.50. The Balaban J connectivity index is 1.64. The summed E-state index contributed by atoms with van der Waals surface area (Å²) in [5.41, 5.74) is 1.59. The van der Waals surface area contributed by atoms with Gasteiger partial charge in [0.2, 0.25) is 0 Å². The zero-order valence-corrected chi connectivity index (χ0v) is 14.8. The molecular formula is C18H15Cl2N3O2. The second-order valence-electron chi connectivity index (χ2n) is 5.32. The second kappa shape index (κ2) is 7.59. The molecule has 3 aromatic rings. The van der Waals surface area contributed by atoms with Gasteiger partial charge in [-0.05, 0) is 43.3 Å². The van der Waals surface area contributed by atoms with Crippen LogP contribution in [0.1, 0.15) is 6.92 Å². The molecule has 1 amide bonds. The molecule has 1 unspecified atom stereocenters. The minimum atomic E-state index is -0.735. The van der Waals surface area contributed by atoms with Gasteiger partial charge in [-0.2, -0.15) is 0 Å². The number of imidazole rings is 1. The summed E-state index contributed by atoms with van der Waals surface area (Å²) in [5, 5.41) is 3.46. The fraction of sp³-hybridized carbons (Fsp3) is 0.111. The van der Waals surface area contributed by atoms with Gasteiger partial charge in [-0.15, -0.1) is 0 Å². The van der Waals surface area contributed by atoms with E-state index in [1.165, 1.54) is 0 Å². The van der Waals surface area contributed by atoms with Crippen LogP contribution in [0.15, 0.2) is 54.9 Å². The van der Waals surface area contributed by atoms with E-state index in [2.05, 4.69) is 15.3 Å². The maximum atomic E-state index is 12.3. The number of hydrogen-bond acceptors (Lipinski definition) is 3. The number of benzene rings is 2. The van der Waals surface area contributed by atoms with Crippen molar-refractivity contribution in [1.29, 1.82) is 0 Å². The van der Waals surface area contributed by atoms with E-state index in [1.807, 2.05) is 12.1 Å². The van der Waals surface area contributed by atoms with Crippen molar-refractivity contribution in [3.63, 3.8) is 0 Å². The average molecular weight is 376 g/mol. The van der Waals surface area contributed by atoms with Crippen molar-refractivity contribution < 1.29 is 9.53 Å². The molecule has 0 saturated heterocycles. The number of carbonyl (C=O) groups is 1. The molecular weight excluding hydrogens is 361 g/mol. The van der Waals surface area contributed by atoms with Crippen molar-refractivity contribution in [1.82, 2.24) is 9.97 Å². The van der Waals surface area contributed by atoms with Gasteiger partial charge in [0.1, 0.15) is 16.6 Å². The lowest BCUT2D eigenvalue weighted by atomic mass is 10.2. The van der Waals surface area contributed by atoms with Gasteiger partial charge in [0, 0.05) is 23.6 Å². The summed E-state index contributed by atoms with van der Waals surface area (Å²) in [4.78, 5) is 19.5. The molecule has 25 heavy (non-hydrogen) atoms. The van der Waals surface area contributed by atoms with Crippen LogP contribution in [0.4, 0.5) is 5.69 Å². The molecule has 0 aliphatic rings. The minimum absolute atomic E-state index is 0.284. The molecule has 5 nitrogen and oxygen atoms in total. The average Bonchev–Trinajstić information content (AvgIpc) is 3.14.